The highest BCUT2D eigenvalue weighted by Gasteiger charge is 2.15. The van der Waals surface area contributed by atoms with E-state index in [0.717, 1.165) is 41.8 Å². The number of aromatic nitrogens is 2. The molecule has 3 heterocycles. The van der Waals surface area contributed by atoms with Crippen LogP contribution in [0.2, 0.25) is 0 Å². The topological polar surface area (TPSA) is 57.8 Å². The summed E-state index contributed by atoms with van der Waals surface area (Å²) in [7, 11) is 0. The Morgan fingerprint density at radius 3 is 2.70 bits per heavy atom. The van der Waals surface area contributed by atoms with Crippen molar-refractivity contribution in [2.45, 2.75) is 12.8 Å². The fourth-order valence-electron chi connectivity index (χ4n) is 3.78. The average Bonchev–Trinajstić information content (AvgIpc) is 2.73. The van der Waals surface area contributed by atoms with Gasteiger partial charge in [0.15, 0.2) is 5.43 Å². The van der Waals surface area contributed by atoms with E-state index < -0.39 is 0 Å². The van der Waals surface area contributed by atoms with Crippen molar-refractivity contribution in [1.29, 1.82) is 0 Å². The highest BCUT2D eigenvalue weighted by molar-refractivity contribution is 5.90. The number of nitrogens with one attached hydrogen (secondary N) is 2. The highest BCUT2D eigenvalue weighted by Crippen LogP contribution is 2.35. The minimum Gasteiger partial charge on any atom is -0.385 e. The molecule has 2 aromatic heterocycles. The third-order valence-corrected chi connectivity index (χ3v) is 5.14. The molecule has 0 spiro atoms. The molecule has 2 aromatic carbocycles. The lowest BCUT2D eigenvalue weighted by atomic mass is 9.94. The molecule has 1 aliphatic rings. The number of hydrogen-bond acceptors (Lipinski definition) is 3. The number of hydrogen-bond donors (Lipinski definition) is 2. The maximum atomic E-state index is 12.4. The molecule has 5 rings (SSSR count). The first-order valence-corrected chi connectivity index (χ1v) is 9.25. The molecule has 0 atom stereocenters. The molecule has 0 bridgehead atoms. The molecule has 4 heteroatoms. The first kappa shape index (κ1) is 15.8. The minimum absolute atomic E-state index is 0.0169. The third-order valence-electron chi connectivity index (χ3n) is 5.14. The van der Waals surface area contributed by atoms with Crippen LogP contribution in [0.3, 0.4) is 0 Å². The van der Waals surface area contributed by atoms with Gasteiger partial charge in [0.1, 0.15) is 5.65 Å². The van der Waals surface area contributed by atoms with E-state index in [1.807, 2.05) is 24.3 Å². The summed E-state index contributed by atoms with van der Waals surface area (Å²) in [6, 6.07) is 20.1. The van der Waals surface area contributed by atoms with Gasteiger partial charge in [-0.1, -0.05) is 36.4 Å². The monoisotopic (exact) mass is 353 g/mol. The van der Waals surface area contributed by atoms with Gasteiger partial charge in [0, 0.05) is 35.6 Å². The quantitative estimate of drug-likeness (QED) is 0.553. The lowest BCUT2D eigenvalue weighted by Crippen LogP contribution is -2.11. The van der Waals surface area contributed by atoms with Crippen LogP contribution in [-0.4, -0.2) is 16.5 Å². The second-order valence-corrected chi connectivity index (χ2v) is 6.89. The van der Waals surface area contributed by atoms with Gasteiger partial charge in [-0.05, 0) is 42.2 Å². The van der Waals surface area contributed by atoms with Crippen molar-refractivity contribution in [3.05, 3.63) is 82.6 Å². The molecule has 4 aromatic rings. The highest BCUT2D eigenvalue weighted by atomic mass is 16.1. The largest absolute Gasteiger partial charge is 0.385 e. The Labute approximate surface area is 156 Å². The molecule has 132 valence electrons. The van der Waals surface area contributed by atoms with Gasteiger partial charge in [-0.25, -0.2) is 4.98 Å². The number of aromatic amines is 1. The van der Waals surface area contributed by atoms with Crippen molar-refractivity contribution < 1.29 is 0 Å². The Morgan fingerprint density at radius 2 is 1.81 bits per heavy atom. The van der Waals surface area contributed by atoms with Crippen LogP contribution in [0.4, 0.5) is 5.69 Å². The van der Waals surface area contributed by atoms with Gasteiger partial charge in [0.2, 0.25) is 0 Å². The van der Waals surface area contributed by atoms with Crippen molar-refractivity contribution in [2.75, 3.05) is 11.9 Å². The summed E-state index contributed by atoms with van der Waals surface area (Å²) < 4.78 is 0. The first-order chi connectivity index (χ1) is 13.3. The summed E-state index contributed by atoms with van der Waals surface area (Å²) in [4.78, 5) is 20.3. The fourth-order valence-corrected chi connectivity index (χ4v) is 3.78. The summed E-state index contributed by atoms with van der Waals surface area (Å²) in [6.45, 7) is 1.02. The number of fused-ring (bicyclic) bond motifs is 2. The van der Waals surface area contributed by atoms with Crippen molar-refractivity contribution in [2.24, 2.45) is 0 Å². The predicted molar refractivity (Wildman–Crippen MR) is 110 cm³/mol. The summed E-state index contributed by atoms with van der Waals surface area (Å²) in [6.07, 6.45) is 3.85. The van der Waals surface area contributed by atoms with Crippen LogP contribution >= 0.6 is 0 Å². The second kappa shape index (κ2) is 6.40. The fraction of sp³-hybridized carbons (Fsp3) is 0.130. The van der Waals surface area contributed by atoms with Gasteiger partial charge in [0.05, 0.1) is 11.1 Å². The van der Waals surface area contributed by atoms with Crippen molar-refractivity contribution in [3.63, 3.8) is 0 Å². The zero-order valence-corrected chi connectivity index (χ0v) is 14.8. The number of nitrogens with zero attached hydrogens (tertiary/aromatic N) is 1. The maximum absolute atomic E-state index is 12.4. The SMILES string of the molecule is O=c1cc[nH]c2nc(-c3ccccc3)c(-c3ccc4c(c3)CCCN4)cc12. The van der Waals surface area contributed by atoms with Gasteiger partial charge in [-0.15, -0.1) is 0 Å². The number of anilines is 1. The number of H-pyrrole nitrogens is 1. The molecule has 0 unspecified atom stereocenters. The lowest BCUT2D eigenvalue weighted by molar-refractivity contribution is 0.830. The number of benzene rings is 2. The van der Waals surface area contributed by atoms with E-state index in [1.165, 1.54) is 11.3 Å². The van der Waals surface area contributed by atoms with Crippen LogP contribution in [0.15, 0.2) is 71.7 Å². The molecule has 1 aliphatic heterocycles. The molecule has 0 amide bonds. The standard InChI is InChI=1S/C23H19N3O/c27-21-10-12-25-23-19(21)14-18(22(26-23)15-5-2-1-3-6-15)16-8-9-20-17(13-16)7-4-11-24-20/h1-3,5-6,8-10,12-14,24H,4,7,11H2,(H,25,26,27). The Bertz CT molecular complexity index is 1200. The van der Waals surface area contributed by atoms with Gasteiger partial charge < -0.3 is 10.3 Å². The zero-order valence-electron chi connectivity index (χ0n) is 14.8. The minimum atomic E-state index is -0.0169. The van der Waals surface area contributed by atoms with Crippen LogP contribution in [-0.2, 0) is 6.42 Å². The van der Waals surface area contributed by atoms with Crippen LogP contribution in [0.25, 0.3) is 33.4 Å². The van der Waals surface area contributed by atoms with Gasteiger partial charge in [-0.3, -0.25) is 4.79 Å². The van der Waals surface area contributed by atoms with Crippen molar-refractivity contribution >= 4 is 16.7 Å². The van der Waals surface area contributed by atoms with E-state index in [9.17, 15) is 4.79 Å². The molecule has 0 saturated carbocycles. The van der Waals surface area contributed by atoms with Gasteiger partial charge in [0.25, 0.3) is 0 Å². The summed E-state index contributed by atoms with van der Waals surface area (Å²) in [5, 5.41) is 4.07. The zero-order chi connectivity index (χ0) is 18.2. The van der Waals surface area contributed by atoms with Crippen LogP contribution < -0.4 is 10.7 Å². The summed E-state index contributed by atoms with van der Waals surface area (Å²) >= 11 is 0. The van der Waals surface area contributed by atoms with Crippen molar-refractivity contribution in [3.8, 4) is 22.4 Å². The van der Waals surface area contributed by atoms with E-state index in [0.29, 0.717) is 11.0 Å². The molecule has 0 radical (unpaired) electrons. The lowest BCUT2D eigenvalue weighted by Gasteiger charge is -2.19. The summed E-state index contributed by atoms with van der Waals surface area (Å²) in [5.41, 5.74) is 7.12. The molecular weight excluding hydrogens is 334 g/mol. The maximum Gasteiger partial charge on any atom is 0.191 e. The van der Waals surface area contributed by atoms with Gasteiger partial charge in [-0.2, -0.15) is 0 Å². The van der Waals surface area contributed by atoms with E-state index in [4.69, 9.17) is 4.98 Å². The number of rotatable bonds is 2. The van der Waals surface area contributed by atoms with E-state index in [1.54, 1.807) is 12.3 Å². The van der Waals surface area contributed by atoms with E-state index in [2.05, 4.69) is 40.6 Å². The molecule has 0 saturated heterocycles. The smallest absolute Gasteiger partial charge is 0.191 e. The molecular formula is C23H19N3O. The van der Waals surface area contributed by atoms with E-state index >= 15 is 0 Å². The molecule has 0 aliphatic carbocycles. The average molecular weight is 353 g/mol. The van der Waals surface area contributed by atoms with Gasteiger partial charge >= 0.3 is 0 Å². The first-order valence-electron chi connectivity index (χ1n) is 9.25. The Balaban J connectivity index is 1.79. The molecule has 2 N–H and O–H groups in total. The predicted octanol–water partition coefficient (Wildman–Crippen LogP) is 4.62. The number of aryl methyl sites for hydroxylation is 1. The molecule has 0 fully saturated rings. The normalized spacial score (nSPS) is 13.2. The third kappa shape index (κ3) is 2.79. The Hall–Kier alpha value is -3.40. The Morgan fingerprint density at radius 1 is 0.926 bits per heavy atom. The molecule has 4 nitrogen and oxygen atoms in total. The second-order valence-electron chi connectivity index (χ2n) is 6.89. The van der Waals surface area contributed by atoms with Crippen molar-refractivity contribution in [1.82, 2.24) is 9.97 Å². The van der Waals surface area contributed by atoms with Crippen LogP contribution in [0.5, 0.6) is 0 Å². The Kier molecular flexibility index (Phi) is 3.75. The van der Waals surface area contributed by atoms with Crippen LogP contribution in [0.1, 0.15) is 12.0 Å². The van der Waals surface area contributed by atoms with Crippen LogP contribution in [0, 0.1) is 0 Å². The van der Waals surface area contributed by atoms with E-state index in [-0.39, 0.29) is 5.43 Å². The number of pyridine rings is 2. The molecule has 27 heavy (non-hydrogen) atoms. The summed E-state index contributed by atoms with van der Waals surface area (Å²) in [5.74, 6) is 0.